The first-order valence-corrected chi connectivity index (χ1v) is 5.82. The summed E-state index contributed by atoms with van der Waals surface area (Å²) in [6, 6.07) is 2.73. The Hall–Kier alpha value is -1.69. The Morgan fingerprint density at radius 3 is 2.32 bits per heavy atom. The molecular formula is C13H17F2NO3. The summed E-state index contributed by atoms with van der Waals surface area (Å²) in [5, 5.41) is 11.6. The average molecular weight is 273 g/mol. The predicted molar refractivity (Wildman–Crippen MR) is 66.5 cm³/mol. The molecule has 0 saturated carbocycles. The van der Waals surface area contributed by atoms with Gasteiger partial charge in [0.1, 0.15) is 11.8 Å². The molecule has 0 amide bonds. The molecule has 4 nitrogen and oxygen atoms in total. The first-order valence-electron chi connectivity index (χ1n) is 5.82. The lowest BCUT2D eigenvalue weighted by molar-refractivity contribution is -0.139. The lowest BCUT2D eigenvalue weighted by Crippen LogP contribution is -2.33. The molecule has 0 aromatic heterocycles. The van der Waals surface area contributed by atoms with Gasteiger partial charge in [-0.3, -0.25) is 4.79 Å². The topological polar surface area (TPSA) is 58.6 Å². The summed E-state index contributed by atoms with van der Waals surface area (Å²) in [6.45, 7) is 2.39. The molecule has 106 valence electrons. The van der Waals surface area contributed by atoms with Crippen molar-refractivity contribution in [3.8, 4) is 5.75 Å². The number of nitrogens with one attached hydrogen (secondary N) is 1. The van der Waals surface area contributed by atoms with Crippen molar-refractivity contribution in [3.63, 3.8) is 0 Å². The molecule has 0 spiro atoms. The zero-order valence-corrected chi connectivity index (χ0v) is 11.0. The predicted octanol–water partition coefficient (Wildman–Crippen LogP) is 2.47. The van der Waals surface area contributed by atoms with Gasteiger partial charge in [0, 0.05) is 6.54 Å². The molecule has 0 aliphatic heterocycles. The fourth-order valence-corrected chi connectivity index (χ4v) is 1.78. The highest BCUT2D eigenvalue weighted by Gasteiger charge is 2.13. The molecule has 6 heteroatoms. The number of rotatable bonds is 6. The molecule has 1 unspecified atom stereocenters. The van der Waals surface area contributed by atoms with Crippen LogP contribution in [-0.2, 0) is 11.3 Å². The van der Waals surface area contributed by atoms with Crippen molar-refractivity contribution in [3.05, 3.63) is 28.8 Å². The van der Waals surface area contributed by atoms with E-state index in [1.807, 2.05) is 0 Å². The van der Waals surface area contributed by atoms with Crippen LogP contribution in [0.15, 0.2) is 12.1 Å². The number of alkyl halides is 2. The third-order valence-corrected chi connectivity index (χ3v) is 2.71. The van der Waals surface area contributed by atoms with Gasteiger partial charge in [0.2, 0.25) is 0 Å². The molecule has 0 radical (unpaired) electrons. The summed E-state index contributed by atoms with van der Waals surface area (Å²) in [5.41, 5.74) is 2.02. The van der Waals surface area contributed by atoms with Gasteiger partial charge in [0.15, 0.2) is 0 Å². The van der Waals surface area contributed by atoms with E-state index in [0.717, 1.165) is 5.56 Å². The van der Waals surface area contributed by atoms with E-state index in [2.05, 4.69) is 10.1 Å². The maximum absolute atomic E-state index is 12.2. The van der Waals surface area contributed by atoms with Crippen molar-refractivity contribution in [1.29, 1.82) is 0 Å². The second-order valence-corrected chi connectivity index (χ2v) is 4.38. The van der Waals surface area contributed by atoms with Crippen LogP contribution in [-0.4, -0.2) is 23.7 Å². The summed E-state index contributed by atoms with van der Waals surface area (Å²) in [6.07, 6.45) is 0. The molecule has 19 heavy (non-hydrogen) atoms. The van der Waals surface area contributed by atoms with Gasteiger partial charge in [-0.15, -0.1) is 0 Å². The van der Waals surface area contributed by atoms with Gasteiger partial charge in [-0.2, -0.15) is 8.78 Å². The van der Waals surface area contributed by atoms with Crippen molar-refractivity contribution in [2.75, 3.05) is 0 Å². The fraction of sp³-hybridized carbons (Fsp3) is 0.462. The Kier molecular flexibility index (Phi) is 5.23. The van der Waals surface area contributed by atoms with Crippen LogP contribution in [0.5, 0.6) is 5.75 Å². The van der Waals surface area contributed by atoms with E-state index in [9.17, 15) is 13.6 Å². The summed E-state index contributed by atoms with van der Waals surface area (Å²) >= 11 is 0. The summed E-state index contributed by atoms with van der Waals surface area (Å²) in [7, 11) is 0. The zero-order valence-electron chi connectivity index (χ0n) is 11.0. The van der Waals surface area contributed by atoms with Gasteiger partial charge < -0.3 is 15.2 Å². The van der Waals surface area contributed by atoms with Crippen LogP contribution >= 0.6 is 0 Å². The standard InChI is InChI=1S/C13H17F2NO3/c1-7-4-10(6-16-9(3)12(17)18)5-8(2)11(7)19-13(14)15/h4-5,9,13,16H,6H2,1-3H3,(H,17,18). The van der Waals surface area contributed by atoms with Gasteiger partial charge in [-0.05, 0) is 37.5 Å². The van der Waals surface area contributed by atoms with E-state index in [0.29, 0.717) is 17.7 Å². The van der Waals surface area contributed by atoms with Crippen molar-refractivity contribution in [2.45, 2.75) is 40.0 Å². The molecular weight excluding hydrogens is 256 g/mol. The Bertz CT molecular complexity index is 440. The van der Waals surface area contributed by atoms with E-state index >= 15 is 0 Å². The number of carboxylic acid groups (broad SMARTS) is 1. The normalized spacial score (nSPS) is 12.5. The van der Waals surface area contributed by atoms with E-state index in [1.165, 1.54) is 6.92 Å². The molecule has 2 N–H and O–H groups in total. The Labute approximate surface area is 110 Å². The smallest absolute Gasteiger partial charge is 0.387 e. The monoisotopic (exact) mass is 273 g/mol. The highest BCUT2D eigenvalue weighted by atomic mass is 19.3. The summed E-state index contributed by atoms with van der Waals surface area (Å²) in [4.78, 5) is 10.7. The number of aliphatic carboxylic acids is 1. The minimum Gasteiger partial charge on any atom is -0.480 e. The number of carbonyl (C=O) groups is 1. The summed E-state index contributed by atoms with van der Waals surface area (Å²) in [5.74, 6) is -0.767. The molecule has 0 heterocycles. The Morgan fingerprint density at radius 1 is 1.37 bits per heavy atom. The van der Waals surface area contributed by atoms with Crippen molar-refractivity contribution in [1.82, 2.24) is 5.32 Å². The van der Waals surface area contributed by atoms with E-state index in [1.54, 1.807) is 26.0 Å². The van der Waals surface area contributed by atoms with E-state index in [-0.39, 0.29) is 5.75 Å². The van der Waals surface area contributed by atoms with E-state index < -0.39 is 18.6 Å². The highest BCUT2D eigenvalue weighted by molar-refractivity contribution is 5.72. The third-order valence-electron chi connectivity index (χ3n) is 2.71. The largest absolute Gasteiger partial charge is 0.480 e. The van der Waals surface area contributed by atoms with Crippen LogP contribution in [0.25, 0.3) is 0 Å². The number of hydrogen-bond acceptors (Lipinski definition) is 3. The van der Waals surface area contributed by atoms with Crippen LogP contribution in [0.1, 0.15) is 23.6 Å². The molecule has 1 rings (SSSR count). The minimum absolute atomic E-state index is 0.171. The number of hydrogen-bond donors (Lipinski definition) is 2. The number of benzene rings is 1. The van der Waals surface area contributed by atoms with Gasteiger partial charge in [0.25, 0.3) is 0 Å². The van der Waals surface area contributed by atoms with Crippen LogP contribution in [0.4, 0.5) is 8.78 Å². The zero-order chi connectivity index (χ0) is 14.6. The maximum atomic E-state index is 12.2. The lowest BCUT2D eigenvalue weighted by Gasteiger charge is -2.14. The third kappa shape index (κ3) is 4.48. The second kappa shape index (κ2) is 6.47. The van der Waals surface area contributed by atoms with Crippen LogP contribution in [0, 0.1) is 13.8 Å². The quantitative estimate of drug-likeness (QED) is 0.836. The van der Waals surface area contributed by atoms with Crippen LogP contribution < -0.4 is 10.1 Å². The van der Waals surface area contributed by atoms with E-state index in [4.69, 9.17) is 5.11 Å². The number of halogens is 2. The fourth-order valence-electron chi connectivity index (χ4n) is 1.78. The van der Waals surface area contributed by atoms with Crippen molar-refractivity contribution >= 4 is 5.97 Å². The molecule has 1 atom stereocenters. The summed E-state index contributed by atoms with van der Waals surface area (Å²) < 4.78 is 28.9. The minimum atomic E-state index is -2.85. The first kappa shape index (κ1) is 15.4. The van der Waals surface area contributed by atoms with Crippen LogP contribution in [0.2, 0.25) is 0 Å². The first-order chi connectivity index (χ1) is 8.81. The molecule has 0 bridgehead atoms. The maximum Gasteiger partial charge on any atom is 0.387 e. The Morgan fingerprint density at radius 2 is 1.89 bits per heavy atom. The van der Waals surface area contributed by atoms with Crippen molar-refractivity contribution in [2.24, 2.45) is 0 Å². The molecule has 1 aromatic carbocycles. The van der Waals surface area contributed by atoms with Crippen LogP contribution in [0.3, 0.4) is 0 Å². The molecule has 0 fully saturated rings. The second-order valence-electron chi connectivity index (χ2n) is 4.38. The van der Waals surface area contributed by atoms with Gasteiger partial charge in [-0.25, -0.2) is 0 Å². The molecule has 1 aromatic rings. The average Bonchev–Trinajstić information content (AvgIpc) is 2.30. The molecule has 0 aliphatic rings. The van der Waals surface area contributed by atoms with Gasteiger partial charge in [0.05, 0.1) is 0 Å². The number of carboxylic acids is 1. The van der Waals surface area contributed by atoms with Gasteiger partial charge in [-0.1, -0.05) is 12.1 Å². The highest BCUT2D eigenvalue weighted by Crippen LogP contribution is 2.26. The number of aryl methyl sites for hydroxylation is 2. The number of ether oxygens (including phenoxy) is 1. The van der Waals surface area contributed by atoms with Gasteiger partial charge >= 0.3 is 12.6 Å². The SMILES string of the molecule is Cc1cc(CNC(C)C(=O)O)cc(C)c1OC(F)F. The Balaban J connectivity index is 2.80. The molecule has 0 aliphatic carbocycles. The lowest BCUT2D eigenvalue weighted by atomic mass is 10.1. The molecule has 0 saturated heterocycles. The van der Waals surface area contributed by atoms with Crippen molar-refractivity contribution < 1.29 is 23.4 Å².